The number of hydrogen-bond donors (Lipinski definition) is 3. The van der Waals surface area contributed by atoms with Crippen molar-refractivity contribution in [1.29, 1.82) is 0 Å². The van der Waals surface area contributed by atoms with Crippen molar-refractivity contribution in [3.8, 4) is 0 Å². The van der Waals surface area contributed by atoms with E-state index in [2.05, 4.69) is 0 Å². The lowest BCUT2D eigenvalue weighted by molar-refractivity contribution is -0.0531. The maximum Gasteiger partial charge on any atom is 0.270 e. The van der Waals surface area contributed by atoms with Crippen LogP contribution >= 0.6 is 0 Å². The molecule has 26 heavy (non-hydrogen) atoms. The van der Waals surface area contributed by atoms with Crippen LogP contribution in [0.15, 0.2) is 0 Å². The minimum Gasteiger partial charge on any atom is -0.394 e. The van der Waals surface area contributed by atoms with Crippen molar-refractivity contribution in [2.45, 2.75) is 63.8 Å². The van der Waals surface area contributed by atoms with E-state index in [-0.39, 0.29) is 70.5 Å². The van der Waals surface area contributed by atoms with Gasteiger partial charge in [0.2, 0.25) is 0 Å². The summed E-state index contributed by atoms with van der Waals surface area (Å²) in [4.78, 5) is 0. The van der Waals surface area contributed by atoms with Crippen molar-refractivity contribution in [2.24, 2.45) is 0 Å². The molecule has 0 aromatic rings. The van der Waals surface area contributed by atoms with Gasteiger partial charge in [0, 0.05) is 6.61 Å². The van der Waals surface area contributed by atoms with Crippen molar-refractivity contribution < 1.29 is 42.1 Å². The van der Waals surface area contributed by atoms with Gasteiger partial charge < -0.3 is 29.2 Å². The van der Waals surface area contributed by atoms with Gasteiger partial charge in [0.05, 0.1) is 57.5 Å². The van der Waals surface area contributed by atoms with Crippen LogP contribution in [0.25, 0.3) is 0 Å². The van der Waals surface area contributed by atoms with Crippen LogP contribution in [0.4, 0.5) is 0 Å². The van der Waals surface area contributed by atoms with Crippen LogP contribution in [0.5, 0.6) is 0 Å². The molecule has 0 fully saturated rings. The average molecular weight is 403 g/mol. The van der Waals surface area contributed by atoms with Crippen molar-refractivity contribution in [3.63, 3.8) is 0 Å². The lowest BCUT2D eigenvalue weighted by Crippen LogP contribution is -2.32. The molecule has 0 saturated carbocycles. The van der Waals surface area contributed by atoms with Crippen LogP contribution in [0.2, 0.25) is 0 Å². The molecule has 0 heterocycles. The standard InChI is InChI=1S/C16H34O9S/c1-12(7-17)23-9-14(3)22-6-5-16(26(19,20)21)11-25-15(4)10-24-13(2)8-18/h12-18H,5-11H2,1-4H3,(H,19,20,21). The van der Waals surface area contributed by atoms with Gasteiger partial charge in [-0.15, -0.1) is 0 Å². The summed E-state index contributed by atoms with van der Waals surface area (Å²) in [5, 5.41) is 16.7. The zero-order valence-electron chi connectivity index (χ0n) is 16.0. The quantitative estimate of drug-likeness (QED) is 0.311. The van der Waals surface area contributed by atoms with E-state index in [1.54, 1.807) is 27.7 Å². The van der Waals surface area contributed by atoms with Gasteiger partial charge in [0.1, 0.15) is 5.25 Å². The Labute approximate surface area is 156 Å². The fraction of sp³-hybridized carbons (Fsp3) is 1.00. The van der Waals surface area contributed by atoms with Crippen LogP contribution in [0.3, 0.4) is 0 Å². The summed E-state index contributed by atoms with van der Waals surface area (Å²) >= 11 is 0. The van der Waals surface area contributed by atoms with Crippen LogP contribution in [-0.2, 0) is 29.1 Å². The maximum absolute atomic E-state index is 11.5. The van der Waals surface area contributed by atoms with Crippen LogP contribution in [0, 0.1) is 0 Å². The first kappa shape index (κ1) is 25.7. The molecule has 0 spiro atoms. The fourth-order valence-corrected chi connectivity index (χ4v) is 2.44. The Morgan fingerprint density at radius 1 is 0.731 bits per heavy atom. The summed E-state index contributed by atoms with van der Waals surface area (Å²) in [7, 11) is -4.27. The van der Waals surface area contributed by atoms with Gasteiger partial charge >= 0.3 is 0 Å². The minimum absolute atomic E-state index is 0.0688. The number of ether oxygens (including phenoxy) is 4. The Hall–Kier alpha value is -0.330. The normalized spacial score (nSPS) is 18.3. The zero-order chi connectivity index (χ0) is 20.2. The van der Waals surface area contributed by atoms with Gasteiger partial charge in [0.25, 0.3) is 10.1 Å². The highest BCUT2D eigenvalue weighted by atomic mass is 32.2. The first-order valence-electron chi connectivity index (χ1n) is 8.74. The second-order valence-corrected chi connectivity index (χ2v) is 8.10. The van der Waals surface area contributed by atoms with E-state index in [4.69, 9.17) is 29.2 Å². The largest absolute Gasteiger partial charge is 0.394 e. The molecule has 9 nitrogen and oxygen atoms in total. The molecule has 0 aromatic heterocycles. The molecule has 0 saturated heterocycles. The number of hydrogen-bond acceptors (Lipinski definition) is 8. The summed E-state index contributed by atoms with van der Waals surface area (Å²) in [6, 6.07) is 0. The molecular weight excluding hydrogens is 368 g/mol. The molecule has 0 radical (unpaired) electrons. The van der Waals surface area contributed by atoms with E-state index in [1.165, 1.54) is 0 Å². The van der Waals surface area contributed by atoms with E-state index >= 15 is 0 Å². The molecule has 10 heteroatoms. The zero-order valence-corrected chi connectivity index (χ0v) is 16.9. The van der Waals surface area contributed by atoms with Crippen molar-refractivity contribution in [1.82, 2.24) is 0 Å². The molecule has 3 N–H and O–H groups in total. The van der Waals surface area contributed by atoms with Gasteiger partial charge in [-0.2, -0.15) is 8.42 Å². The summed E-state index contributed by atoms with van der Waals surface area (Å²) in [5.41, 5.74) is 0. The van der Waals surface area contributed by atoms with Gasteiger partial charge in [-0.25, -0.2) is 0 Å². The highest BCUT2D eigenvalue weighted by Gasteiger charge is 2.24. The molecule has 0 aliphatic carbocycles. The molecule has 0 aromatic carbocycles. The Morgan fingerprint density at radius 2 is 1.15 bits per heavy atom. The maximum atomic E-state index is 11.5. The number of aliphatic hydroxyl groups excluding tert-OH is 2. The van der Waals surface area contributed by atoms with E-state index in [9.17, 15) is 13.0 Å². The summed E-state index contributed by atoms with van der Waals surface area (Å²) < 4.78 is 53.8. The topological polar surface area (TPSA) is 132 Å². The second-order valence-electron chi connectivity index (χ2n) is 6.40. The van der Waals surface area contributed by atoms with E-state index in [0.29, 0.717) is 0 Å². The molecule has 5 unspecified atom stereocenters. The third kappa shape index (κ3) is 12.9. The van der Waals surface area contributed by atoms with Gasteiger partial charge in [-0.05, 0) is 34.1 Å². The number of rotatable bonds is 16. The lowest BCUT2D eigenvalue weighted by atomic mass is 10.3. The fourth-order valence-electron chi connectivity index (χ4n) is 1.79. The Morgan fingerprint density at radius 3 is 1.58 bits per heavy atom. The molecule has 158 valence electrons. The summed E-state index contributed by atoms with van der Waals surface area (Å²) in [6.45, 7) is 7.10. The van der Waals surface area contributed by atoms with Crippen LogP contribution in [-0.4, -0.2) is 92.5 Å². The van der Waals surface area contributed by atoms with Crippen molar-refractivity contribution >= 4 is 10.1 Å². The third-order valence-corrected chi connectivity index (χ3v) is 4.79. The molecule has 0 bridgehead atoms. The molecule has 0 rings (SSSR count). The minimum atomic E-state index is -4.27. The molecule has 5 atom stereocenters. The second kappa shape index (κ2) is 13.8. The van der Waals surface area contributed by atoms with Gasteiger partial charge in [0.15, 0.2) is 0 Å². The molecule has 0 aliphatic heterocycles. The average Bonchev–Trinajstić information content (AvgIpc) is 2.58. The first-order chi connectivity index (χ1) is 12.1. The van der Waals surface area contributed by atoms with E-state index in [0.717, 1.165) is 0 Å². The first-order valence-corrected chi connectivity index (χ1v) is 10.2. The smallest absolute Gasteiger partial charge is 0.270 e. The molecular formula is C16H34O9S. The summed E-state index contributed by atoms with van der Waals surface area (Å²) in [6.07, 6.45) is -1.22. The van der Waals surface area contributed by atoms with Gasteiger partial charge in [-0.1, -0.05) is 0 Å². The monoisotopic (exact) mass is 402 g/mol. The highest BCUT2D eigenvalue weighted by molar-refractivity contribution is 7.86. The van der Waals surface area contributed by atoms with E-state index < -0.39 is 15.4 Å². The predicted molar refractivity (Wildman–Crippen MR) is 95.8 cm³/mol. The van der Waals surface area contributed by atoms with Gasteiger partial charge in [-0.3, -0.25) is 4.55 Å². The summed E-state index contributed by atoms with van der Waals surface area (Å²) in [5.74, 6) is 0. The Balaban J connectivity index is 4.22. The van der Waals surface area contributed by atoms with Crippen LogP contribution in [0.1, 0.15) is 34.1 Å². The molecule has 0 aliphatic rings. The highest BCUT2D eigenvalue weighted by Crippen LogP contribution is 2.09. The predicted octanol–water partition coefficient (Wildman–Crippen LogP) is 0.238. The lowest BCUT2D eigenvalue weighted by Gasteiger charge is -2.21. The third-order valence-electron chi connectivity index (χ3n) is 3.58. The van der Waals surface area contributed by atoms with Crippen LogP contribution < -0.4 is 0 Å². The number of aliphatic hydroxyl groups is 2. The van der Waals surface area contributed by atoms with Crippen molar-refractivity contribution in [2.75, 3.05) is 39.6 Å². The van der Waals surface area contributed by atoms with Crippen molar-refractivity contribution in [3.05, 3.63) is 0 Å². The SMILES string of the molecule is CC(CO)OCC(C)OCCC(COC(C)COC(C)CO)S(=O)(=O)O. The molecule has 0 amide bonds. The Bertz CT molecular complexity index is 443. The Kier molecular flexibility index (Phi) is 13.6. The van der Waals surface area contributed by atoms with E-state index in [1.807, 2.05) is 0 Å².